The number of fused-ring (bicyclic) bond motifs is 3. The summed E-state index contributed by atoms with van der Waals surface area (Å²) in [5.74, 6) is 2.65. The third-order valence-electron chi connectivity index (χ3n) is 5.94. The Bertz CT molecular complexity index is 1090. The van der Waals surface area contributed by atoms with Crippen molar-refractivity contribution in [3.05, 3.63) is 95.6 Å². The van der Waals surface area contributed by atoms with Crippen LogP contribution >= 0.6 is 0 Å². The van der Waals surface area contributed by atoms with E-state index in [1.807, 2.05) is 36.4 Å². The van der Waals surface area contributed by atoms with Crippen molar-refractivity contribution in [1.29, 1.82) is 0 Å². The Morgan fingerprint density at radius 1 is 0.938 bits per heavy atom. The number of hydrazine groups is 1. The number of ether oxygens (including phenoxy) is 3. The van der Waals surface area contributed by atoms with E-state index < -0.39 is 0 Å². The first-order chi connectivity index (χ1) is 15.8. The van der Waals surface area contributed by atoms with Crippen molar-refractivity contribution in [3.63, 3.8) is 0 Å². The van der Waals surface area contributed by atoms with E-state index in [4.69, 9.17) is 14.2 Å². The summed E-state index contributed by atoms with van der Waals surface area (Å²) in [6.07, 6.45) is 4.21. The first kappa shape index (κ1) is 20.5. The maximum atomic E-state index is 6.43. The average Bonchev–Trinajstić information content (AvgIpc) is 3.30. The fraction of sp³-hybridized carbons (Fsp3) is 0.259. The van der Waals surface area contributed by atoms with Gasteiger partial charge in [-0.1, -0.05) is 43.7 Å². The van der Waals surface area contributed by atoms with Gasteiger partial charge in [0.15, 0.2) is 6.23 Å². The van der Waals surface area contributed by atoms with E-state index in [-0.39, 0.29) is 12.3 Å². The highest BCUT2D eigenvalue weighted by Gasteiger charge is 2.40. The van der Waals surface area contributed by atoms with Gasteiger partial charge in [0.1, 0.15) is 17.2 Å². The molecule has 0 unspecified atom stereocenters. The third kappa shape index (κ3) is 3.92. The Balaban J connectivity index is 1.43. The van der Waals surface area contributed by atoms with Gasteiger partial charge in [-0.25, -0.2) is 0 Å². The van der Waals surface area contributed by atoms with Crippen LogP contribution in [-0.2, 0) is 0 Å². The lowest BCUT2D eigenvalue weighted by Crippen LogP contribution is -2.43. The van der Waals surface area contributed by atoms with Crippen molar-refractivity contribution in [1.82, 2.24) is 10.4 Å². The van der Waals surface area contributed by atoms with Crippen molar-refractivity contribution < 1.29 is 14.2 Å². The molecule has 3 aromatic rings. The number of hydrogen-bond donors (Lipinski definition) is 1. The van der Waals surface area contributed by atoms with Crippen molar-refractivity contribution >= 4 is 5.70 Å². The molecular formula is C27H28N2O3. The van der Waals surface area contributed by atoms with Gasteiger partial charge in [0.05, 0.1) is 25.5 Å². The molecule has 164 valence electrons. The Morgan fingerprint density at radius 3 is 2.44 bits per heavy atom. The fourth-order valence-electron chi connectivity index (χ4n) is 4.16. The van der Waals surface area contributed by atoms with Crippen LogP contribution in [0.1, 0.15) is 48.7 Å². The highest BCUT2D eigenvalue weighted by atomic mass is 16.5. The van der Waals surface area contributed by atoms with E-state index in [2.05, 4.69) is 59.8 Å². The van der Waals surface area contributed by atoms with Gasteiger partial charge in [0.2, 0.25) is 0 Å². The molecule has 32 heavy (non-hydrogen) atoms. The molecule has 0 fully saturated rings. The van der Waals surface area contributed by atoms with Crippen molar-refractivity contribution in [3.8, 4) is 17.2 Å². The third-order valence-corrected chi connectivity index (χ3v) is 5.94. The molecule has 2 aliphatic rings. The van der Waals surface area contributed by atoms with Crippen LogP contribution in [0.3, 0.4) is 0 Å². The molecule has 0 amide bonds. The van der Waals surface area contributed by atoms with Gasteiger partial charge in [-0.05, 0) is 60.5 Å². The molecule has 0 radical (unpaired) electrons. The van der Waals surface area contributed by atoms with E-state index in [0.717, 1.165) is 59.1 Å². The van der Waals surface area contributed by atoms with E-state index in [9.17, 15) is 0 Å². The number of para-hydroxylation sites is 1. The molecule has 0 saturated heterocycles. The largest absolute Gasteiger partial charge is 0.497 e. The highest BCUT2D eigenvalue weighted by Crippen LogP contribution is 2.46. The maximum absolute atomic E-state index is 6.43. The molecule has 3 aromatic carbocycles. The van der Waals surface area contributed by atoms with Crippen LogP contribution in [0.25, 0.3) is 5.70 Å². The number of unbranched alkanes of at least 4 members (excludes halogenated alkanes) is 1. The first-order valence-corrected chi connectivity index (χ1v) is 11.2. The zero-order chi connectivity index (χ0) is 21.9. The molecule has 1 N–H and O–H groups in total. The Labute approximate surface area is 189 Å². The van der Waals surface area contributed by atoms with E-state index >= 15 is 0 Å². The van der Waals surface area contributed by atoms with Crippen molar-refractivity contribution in [2.75, 3.05) is 13.7 Å². The number of nitrogens with zero attached hydrogens (tertiary/aromatic N) is 1. The molecule has 2 heterocycles. The predicted molar refractivity (Wildman–Crippen MR) is 125 cm³/mol. The van der Waals surface area contributed by atoms with Crippen LogP contribution in [0.5, 0.6) is 17.2 Å². The summed E-state index contributed by atoms with van der Waals surface area (Å²) in [6, 6.07) is 24.6. The number of rotatable bonds is 7. The van der Waals surface area contributed by atoms with Gasteiger partial charge in [-0.2, -0.15) is 5.01 Å². The molecule has 5 heteroatoms. The number of methoxy groups -OCH3 is 1. The molecule has 0 spiro atoms. The minimum absolute atomic E-state index is 0.0718. The smallest absolute Gasteiger partial charge is 0.195 e. The molecule has 2 atom stereocenters. The standard InChI is InChI=1S/C27H28N2O3/c1-3-4-17-31-22-15-9-19(10-16-22)24-18-25-23-7-5-6-8-26(23)32-27(29(25)28-24)20-11-13-21(30-2)14-12-20/h5-16,18,25,27-28H,3-4,17H2,1-2H3/t25-,27+/m0/s1. The molecule has 5 rings (SSSR count). The normalized spacial score (nSPS) is 19.2. The summed E-state index contributed by atoms with van der Waals surface area (Å²) in [4.78, 5) is 0. The molecule has 0 aliphatic carbocycles. The van der Waals surface area contributed by atoms with E-state index in [0.29, 0.717) is 0 Å². The maximum Gasteiger partial charge on any atom is 0.195 e. The van der Waals surface area contributed by atoms with Crippen LogP contribution in [-0.4, -0.2) is 18.7 Å². The lowest BCUT2D eigenvalue weighted by atomic mass is 10.0. The monoisotopic (exact) mass is 428 g/mol. The summed E-state index contributed by atoms with van der Waals surface area (Å²) < 4.78 is 17.6. The van der Waals surface area contributed by atoms with Gasteiger partial charge in [-0.3, -0.25) is 0 Å². The van der Waals surface area contributed by atoms with Gasteiger partial charge >= 0.3 is 0 Å². The van der Waals surface area contributed by atoms with Crippen LogP contribution < -0.4 is 19.6 Å². The second kappa shape index (κ2) is 8.97. The Kier molecular flexibility index (Phi) is 5.73. The van der Waals surface area contributed by atoms with E-state index in [1.165, 1.54) is 0 Å². The van der Waals surface area contributed by atoms with Gasteiger partial charge in [-0.15, -0.1) is 0 Å². The molecule has 5 nitrogen and oxygen atoms in total. The summed E-state index contributed by atoms with van der Waals surface area (Å²) in [5, 5.41) is 2.17. The Hall–Kier alpha value is -3.44. The number of nitrogens with one attached hydrogen (secondary N) is 1. The topological polar surface area (TPSA) is 43.0 Å². The summed E-state index contributed by atoms with van der Waals surface area (Å²) in [5.41, 5.74) is 7.99. The molecule has 0 saturated carbocycles. The van der Waals surface area contributed by atoms with Gasteiger partial charge in [0, 0.05) is 11.1 Å². The van der Waals surface area contributed by atoms with Crippen LogP contribution in [0.4, 0.5) is 0 Å². The van der Waals surface area contributed by atoms with Crippen LogP contribution in [0.2, 0.25) is 0 Å². The minimum atomic E-state index is -0.258. The van der Waals surface area contributed by atoms with Crippen LogP contribution in [0.15, 0.2) is 78.9 Å². The molecule has 2 aliphatic heterocycles. The second-order valence-electron chi connectivity index (χ2n) is 8.05. The second-order valence-corrected chi connectivity index (χ2v) is 8.05. The molecule has 0 aromatic heterocycles. The molecule has 0 bridgehead atoms. The fourth-order valence-corrected chi connectivity index (χ4v) is 4.16. The van der Waals surface area contributed by atoms with Gasteiger partial charge in [0.25, 0.3) is 0 Å². The Morgan fingerprint density at radius 2 is 1.69 bits per heavy atom. The van der Waals surface area contributed by atoms with Crippen molar-refractivity contribution in [2.45, 2.75) is 32.0 Å². The minimum Gasteiger partial charge on any atom is -0.497 e. The van der Waals surface area contributed by atoms with Crippen molar-refractivity contribution in [2.24, 2.45) is 0 Å². The van der Waals surface area contributed by atoms with E-state index in [1.54, 1.807) is 7.11 Å². The lowest BCUT2D eigenvalue weighted by Gasteiger charge is -2.39. The first-order valence-electron chi connectivity index (χ1n) is 11.2. The quantitative estimate of drug-likeness (QED) is 0.477. The van der Waals surface area contributed by atoms with Crippen LogP contribution in [0, 0.1) is 0 Å². The highest BCUT2D eigenvalue weighted by molar-refractivity contribution is 5.68. The average molecular weight is 429 g/mol. The number of hydrogen-bond acceptors (Lipinski definition) is 5. The summed E-state index contributed by atoms with van der Waals surface area (Å²) in [7, 11) is 1.68. The summed E-state index contributed by atoms with van der Waals surface area (Å²) in [6.45, 7) is 2.92. The number of benzene rings is 3. The SMILES string of the molecule is CCCCOc1ccc(C2=C[C@H]3c4ccccc4O[C@H](c4ccc(OC)cc4)N3N2)cc1. The van der Waals surface area contributed by atoms with Gasteiger partial charge < -0.3 is 19.6 Å². The predicted octanol–water partition coefficient (Wildman–Crippen LogP) is 5.87. The molecular weight excluding hydrogens is 400 g/mol. The lowest BCUT2D eigenvalue weighted by molar-refractivity contribution is -0.0326. The zero-order valence-corrected chi connectivity index (χ0v) is 18.5. The summed E-state index contributed by atoms with van der Waals surface area (Å²) >= 11 is 0. The zero-order valence-electron chi connectivity index (χ0n) is 18.5.